The summed E-state index contributed by atoms with van der Waals surface area (Å²) in [6.45, 7) is 9.60. The van der Waals surface area contributed by atoms with Crippen LogP contribution in [0.15, 0.2) is 17.1 Å². The number of rotatable bonds is 8. The molecule has 1 rings (SSSR count). The fraction of sp³-hybridized carbons (Fsp3) is 0.667. The minimum atomic E-state index is -3.25. The number of nitrogens with one attached hydrogen (secondary N) is 3. The molecule has 0 bridgehead atoms. The zero-order valence-electron chi connectivity index (χ0n) is 14.6. The van der Waals surface area contributed by atoms with Gasteiger partial charge in [0.15, 0.2) is 5.96 Å². The van der Waals surface area contributed by atoms with E-state index in [0.29, 0.717) is 19.0 Å². The van der Waals surface area contributed by atoms with Gasteiger partial charge in [0.05, 0.1) is 12.8 Å². The van der Waals surface area contributed by atoms with E-state index in [4.69, 9.17) is 0 Å². The minimum absolute atomic E-state index is 0.441. The molecule has 0 aromatic carbocycles. The number of aliphatic imine (C=N–C) groups is 1. The first kappa shape index (κ1) is 19.9. The molecule has 0 spiro atoms. The summed E-state index contributed by atoms with van der Waals surface area (Å²) in [6.07, 6.45) is 2.20. The quantitative estimate of drug-likeness (QED) is 0.487. The molecule has 1 aromatic heterocycles. The number of nitrogens with zero attached hydrogens (tertiary/aromatic N) is 1. The van der Waals surface area contributed by atoms with Gasteiger partial charge in [0.25, 0.3) is 0 Å². The highest BCUT2D eigenvalue weighted by Gasteiger charge is 2.22. The van der Waals surface area contributed by atoms with Crippen LogP contribution in [0.1, 0.15) is 37.4 Å². The van der Waals surface area contributed by atoms with Crippen molar-refractivity contribution in [1.82, 2.24) is 15.4 Å². The van der Waals surface area contributed by atoms with E-state index in [0.717, 1.165) is 19.2 Å². The lowest BCUT2D eigenvalue weighted by Crippen LogP contribution is -2.53. The van der Waals surface area contributed by atoms with Gasteiger partial charge in [0.1, 0.15) is 0 Å². The second-order valence-corrected chi connectivity index (χ2v) is 9.03. The summed E-state index contributed by atoms with van der Waals surface area (Å²) < 4.78 is 25.4. The third kappa shape index (κ3) is 8.34. The monoisotopic (exact) mass is 360 g/mol. The average Bonchev–Trinajstić information content (AvgIpc) is 2.87. The molecule has 0 aliphatic rings. The topological polar surface area (TPSA) is 82.6 Å². The maximum atomic E-state index is 11.4. The van der Waals surface area contributed by atoms with Crippen molar-refractivity contribution in [1.29, 1.82) is 0 Å². The largest absolute Gasteiger partial charge is 0.357 e. The molecule has 1 heterocycles. The first-order valence-corrected chi connectivity index (χ1v) is 10.4. The van der Waals surface area contributed by atoms with Gasteiger partial charge in [-0.1, -0.05) is 6.92 Å². The molecule has 0 unspecified atom stereocenters. The number of hydrogen-bond acceptors (Lipinski definition) is 4. The average molecular weight is 361 g/mol. The standard InChI is InChI=1S/C15H28N4O2S2/c1-6-12-8-9-13(22-12)10-17-14(16-7-2)18-11-15(3,4)19-23(5,20)21/h8-9,19H,6-7,10-11H2,1-5H3,(H2,16,17,18). The van der Waals surface area contributed by atoms with Crippen LogP contribution in [0.5, 0.6) is 0 Å². The summed E-state index contributed by atoms with van der Waals surface area (Å²) in [7, 11) is -3.25. The van der Waals surface area contributed by atoms with Gasteiger partial charge in [-0.2, -0.15) is 0 Å². The zero-order chi connectivity index (χ0) is 17.5. The lowest BCUT2D eigenvalue weighted by atomic mass is 10.1. The Hall–Kier alpha value is -1.12. The van der Waals surface area contributed by atoms with E-state index in [9.17, 15) is 8.42 Å². The molecule has 3 N–H and O–H groups in total. The molecular weight excluding hydrogens is 332 g/mol. The van der Waals surface area contributed by atoms with Crippen molar-refractivity contribution in [3.8, 4) is 0 Å². The van der Waals surface area contributed by atoms with Crippen LogP contribution in [0.2, 0.25) is 0 Å². The van der Waals surface area contributed by atoms with Gasteiger partial charge in [0, 0.05) is 28.4 Å². The van der Waals surface area contributed by atoms with Gasteiger partial charge in [-0.15, -0.1) is 11.3 Å². The van der Waals surface area contributed by atoms with Crippen molar-refractivity contribution < 1.29 is 8.42 Å². The first-order chi connectivity index (χ1) is 10.6. The minimum Gasteiger partial charge on any atom is -0.357 e. The van der Waals surface area contributed by atoms with Crippen molar-refractivity contribution >= 4 is 27.3 Å². The van der Waals surface area contributed by atoms with Crippen molar-refractivity contribution in [2.45, 2.75) is 46.2 Å². The molecule has 0 amide bonds. The Morgan fingerprint density at radius 2 is 1.87 bits per heavy atom. The third-order valence-electron chi connectivity index (χ3n) is 2.96. The SMILES string of the molecule is CCNC(=NCc1ccc(CC)s1)NCC(C)(C)NS(C)(=O)=O. The highest BCUT2D eigenvalue weighted by Crippen LogP contribution is 2.17. The molecule has 6 nitrogen and oxygen atoms in total. The second kappa shape index (κ2) is 8.65. The normalized spacial score (nSPS) is 13.2. The van der Waals surface area contributed by atoms with Crippen LogP contribution in [-0.4, -0.2) is 39.3 Å². The maximum absolute atomic E-state index is 11.4. The van der Waals surface area contributed by atoms with E-state index in [1.165, 1.54) is 9.75 Å². The highest BCUT2D eigenvalue weighted by molar-refractivity contribution is 7.88. The van der Waals surface area contributed by atoms with Crippen LogP contribution in [-0.2, 0) is 23.0 Å². The van der Waals surface area contributed by atoms with E-state index in [1.54, 1.807) is 11.3 Å². The Labute approximate surface area is 143 Å². The van der Waals surface area contributed by atoms with Gasteiger partial charge in [0.2, 0.25) is 10.0 Å². The Balaban J connectivity index is 2.65. The molecule has 0 atom stereocenters. The predicted molar refractivity (Wildman–Crippen MR) is 98.6 cm³/mol. The number of aryl methyl sites for hydroxylation is 1. The summed E-state index contributed by atoms with van der Waals surface area (Å²) in [5.74, 6) is 0.683. The van der Waals surface area contributed by atoms with Crippen LogP contribution >= 0.6 is 11.3 Å². The zero-order valence-corrected chi connectivity index (χ0v) is 16.2. The van der Waals surface area contributed by atoms with Crippen LogP contribution in [0.4, 0.5) is 0 Å². The number of guanidine groups is 1. The van der Waals surface area contributed by atoms with Gasteiger partial charge in [-0.3, -0.25) is 0 Å². The number of thiophene rings is 1. The van der Waals surface area contributed by atoms with Crippen LogP contribution in [0.25, 0.3) is 0 Å². The maximum Gasteiger partial charge on any atom is 0.209 e. The first-order valence-electron chi connectivity index (χ1n) is 7.74. The number of sulfonamides is 1. The number of hydrogen-bond donors (Lipinski definition) is 3. The van der Waals surface area contributed by atoms with Crippen molar-refractivity contribution in [3.05, 3.63) is 21.9 Å². The van der Waals surface area contributed by atoms with Gasteiger partial charge >= 0.3 is 0 Å². The third-order valence-corrected chi connectivity index (χ3v) is 5.10. The van der Waals surface area contributed by atoms with E-state index >= 15 is 0 Å². The summed E-state index contributed by atoms with van der Waals surface area (Å²) in [5.41, 5.74) is -0.595. The molecule has 0 aliphatic carbocycles. The summed E-state index contributed by atoms with van der Waals surface area (Å²) in [6, 6.07) is 4.24. The smallest absolute Gasteiger partial charge is 0.209 e. The molecule has 132 valence electrons. The highest BCUT2D eigenvalue weighted by atomic mass is 32.2. The molecule has 0 aliphatic heterocycles. The molecule has 23 heavy (non-hydrogen) atoms. The molecule has 0 saturated carbocycles. The van der Waals surface area contributed by atoms with E-state index in [1.807, 2.05) is 20.8 Å². The lowest BCUT2D eigenvalue weighted by Gasteiger charge is -2.26. The summed E-state index contributed by atoms with van der Waals surface area (Å²) in [4.78, 5) is 7.13. The fourth-order valence-electron chi connectivity index (χ4n) is 2.04. The molecular formula is C15H28N4O2S2. The van der Waals surface area contributed by atoms with Crippen LogP contribution < -0.4 is 15.4 Å². The van der Waals surface area contributed by atoms with E-state index in [-0.39, 0.29) is 0 Å². The van der Waals surface area contributed by atoms with Crippen molar-refractivity contribution in [2.24, 2.45) is 4.99 Å². The molecule has 0 radical (unpaired) electrons. The molecule has 8 heteroatoms. The van der Waals surface area contributed by atoms with Crippen molar-refractivity contribution in [3.63, 3.8) is 0 Å². The second-order valence-electron chi connectivity index (χ2n) is 6.03. The van der Waals surface area contributed by atoms with E-state index in [2.05, 4.69) is 39.4 Å². The van der Waals surface area contributed by atoms with Crippen LogP contribution in [0.3, 0.4) is 0 Å². The van der Waals surface area contributed by atoms with Gasteiger partial charge in [-0.05, 0) is 39.3 Å². The van der Waals surface area contributed by atoms with Crippen molar-refractivity contribution in [2.75, 3.05) is 19.3 Å². The fourth-order valence-corrected chi connectivity index (χ4v) is 4.00. The summed E-state index contributed by atoms with van der Waals surface area (Å²) in [5, 5.41) is 6.37. The van der Waals surface area contributed by atoms with Crippen LogP contribution in [0, 0.1) is 0 Å². The predicted octanol–water partition coefficient (Wildman–Crippen LogP) is 1.69. The molecule has 1 aromatic rings. The molecule has 0 saturated heterocycles. The van der Waals surface area contributed by atoms with E-state index < -0.39 is 15.6 Å². The van der Waals surface area contributed by atoms with Gasteiger partial charge < -0.3 is 10.6 Å². The Kier molecular flexibility index (Phi) is 7.50. The Morgan fingerprint density at radius 3 is 2.39 bits per heavy atom. The Morgan fingerprint density at radius 1 is 1.22 bits per heavy atom. The Bertz CT molecular complexity index is 621. The summed E-state index contributed by atoms with van der Waals surface area (Å²) >= 11 is 1.77. The van der Waals surface area contributed by atoms with Gasteiger partial charge in [-0.25, -0.2) is 18.1 Å². The molecule has 0 fully saturated rings. The lowest BCUT2D eigenvalue weighted by molar-refractivity contribution is 0.446.